The molecule has 8 nitrogen and oxygen atoms in total. The highest BCUT2D eigenvalue weighted by Gasteiger charge is 2.43. The number of hydrogen-bond donors (Lipinski definition) is 2. The molecule has 1 unspecified atom stereocenters. The number of aryl methyl sites for hydroxylation is 1. The number of hydrogen-bond acceptors (Lipinski definition) is 6. The van der Waals surface area contributed by atoms with Gasteiger partial charge in [0.15, 0.2) is 17.3 Å². The molecule has 0 spiro atoms. The van der Waals surface area contributed by atoms with Crippen molar-refractivity contribution in [3.05, 3.63) is 17.5 Å². The molecule has 1 amide bonds. The molecule has 0 aromatic carbocycles. The van der Waals surface area contributed by atoms with Gasteiger partial charge in [0, 0.05) is 6.07 Å². The summed E-state index contributed by atoms with van der Waals surface area (Å²) in [6, 6.07) is 1.43. The minimum Gasteiger partial charge on any atom is -0.449 e. The van der Waals surface area contributed by atoms with Crippen LogP contribution in [0.25, 0.3) is 0 Å². The Morgan fingerprint density at radius 1 is 1.43 bits per heavy atom. The number of aromatic nitrogens is 2. The van der Waals surface area contributed by atoms with Crippen molar-refractivity contribution in [1.29, 1.82) is 0 Å². The van der Waals surface area contributed by atoms with Crippen molar-refractivity contribution >= 4 is 17.9 Å². The van der Waals surface area contributed by atoms with Gasteiger partial charge in [-0.1, -0.05) is 13.8 Å². The summed E-state index contributed by atoms with van der Waals surface area (Å²) in [6.07, 6.45) is -1.47. The average molecular weight is 292 g/mol. The summed E-state index contributed by atoms with van der Waals surface area (Å²) in [4.78, 5) is 27.2. The maximum Gasteiger partial charge on any atom is 0.511 e. The third-order valence-corrected chi connectivity index (χ3v) is 3.46. The third-order valence-electron chi connectivity index (χ3n) is 3.46. The predicted octanol–water partition coefficient (Wildman–Crippen LogP) is 1.13. The maximum atomic E-state index is 12.1. The Morgan fingerprint density at radius 3 is 2.62 bits per heavy atom. The van der Waals surface area contributed by atoms with E-state index in [-0.39, 0.29) is 29.1 Å². The number of carboxylic acid groups (broad SMARTS) is 1. The SMILES string of the molecule is Cc1cc(OC(=O)O)c(C2=NC(C)(C(C)C)C(=O)N2)nn1. The van der Waals surface area contributed by atoms with Crippen molar-refractivity contribution < 1.29 is 19.4 Å². The quantitative estimate of drug-likeness (QED) is 0.807. The number of carbonyl (C=O) groups is 2. The van der Waals surface area contributed by atoms with Crippen LogP contribution in [0.1, 0.15) is 32.2 Å². The summed E-state index contributed by atoms with van der Waals surface area (Å²) in [6.45, 7) is 7.11. The number of ether oxygens (including phenoxy) is 1. The summed E-state index contributed by atoms with van der Waals surface area (Å²) in [7, 11) is 0. The van der Waals surface area contributed by atoms with Gasteiger partial charge in [-0.2, -0.15) is 5.10 Å². The molecule has 112 valence electrons. The van der Waals surface area contributed by atoms with E-state index in [1.807, 2.05) is 13.8 Å². The van der Waals surface area contributed by atoms with Crippen LogP contribution >= 0.6 is 0 Å². The van der Waals surface area contributed by atoms with Gasteiger partial charge in [-0.25, -0.2) is 9.79 Å². The smallest absolute Gasteiger partial charge is 0.449 e. The fraction of sp³-hybridized carbons (Fsp3) is 0.462. The molecule has 2 rings (SSSR count). The maximum absolute atomic E-state index is 12.1. The molecule has 0 radical (unpaired) electrons. The van der Waals surface area contributed by atoms with Crippen molar-refractivity contribution in [2.75, 3.05) is 0 Å². The first-order chi connectivity index (χ1) is 9.74. The van der Waals surface area contributed by atoms with Crippen molar-refractivity contribution in [2.24, 2.45) is 10.9 Å². The highest BCUT2D eigenvalue weighted by Crippen LogP contribution is 2.28. The van der Waals surface area contributed by atoms with E-state index in [2.05, 4.69) is 25.2 Å². The lowest BCUT2D eigenvalue weighted by molar-refractivity contribution is -0.124. The van der Waals surface area contributed by atoms with Crippen LogP contribution in [-0.2, 0) is 4.79 Å². The van der Waals surface area contributed by atoms with Crippen molar-refractivity contribution in [2.45, 2.75) is 33.2 Å². The van der Waals surface area contributed by atoms with Gasteiger partial charge in [-0.3, -0.25) is 4.79 Å². The van der Waals surface area contributed by atoms with Crippen molar-refractivity contribution in [1.82, 2.24) is 15.5 Å². The Bertz CT molecular complexity index is 641. The third kappa shape index (κ3) is 2.69. The molecule has 1 atom stereocenters. The molecule has 1 aliphatic rings. The molecule has 0 aliphatic carbocycles. The van der Waals surface area contributed by atoms with Crippen LogP contribution in [0.2, 0.25) is 0 Å². The first-order valence-corrected chi connectivity index (χ1v) is 6.41. The Kier molecular flexibility index (Phi) is 3.63. The Hall–Kier alpha value is -2.51. The van der Waals surface area contributed by atoms with Gasteiger partial charge in [0.2, 0.25) is 0 Å². The molecule has 0 bridgehead atoms. The van der Waals surface area contributed by atoms with Gasteiger partial charge in [0.25, 0.3) is 5.91 Å². The molecule has 8 heteroatoms. The van der Waals surface area contributed by atoms with Crippen molar-refractivity contribution in [3.63, 3.8) is 0 Å². The number of nitrogens with zero attached hydrogens (tertiary/aromatic N) is 3. The number of rotatable bonds is 3. The molecule has 0 fully saturated rings. The lowest BCUT2D eigenvalue weighted by Crippen LogP contribution is -2.41. The van der Waals surface area contributed by atoms with Crippen LogP contribution in [0.5, 0.6) is 5.75 Å². The normalized spacial score (nSPS) is 21.2. The zero-order chi connectivity index (χ0) is 15.8. The lowest BCUT2D eigenvalue weighted by Gasteiger charge is -2.21. The van der Waals surface area contributed by atoms with E-state index in [1.54, 1.807) is 13.8 Å². The molecule has 2 N–H and O–H groups in total. The molecular formula is C13H16N4O4. The highest BCUT2D eigenvalue weighted by atomic mass is 16.7. The first kappa shape index (κ1) is 14.9. The Labute approximate surface area is 121 Å². The minimum absolute atomic E-state index is 0.0120. The fourth-order valence-corrected chi connectivity index (χ4v) is 1.85. The Balaban J connectivity index is 2.48. The van der Waals surface area contributed by atoms with Gasteiger partial charge >= 0.3 is 6.16 Å². The molecule has 21 heavy (non-hydrogen) atoms. The van der Waals surface area contributed by atoms with Crippen LogP contribution in [0.4, 0.5) is 4.79 Å². The number of aliphatic imine (C=N–C) groups is 1. The topological polar surface area (TPSA) is 114 Å². The summed E-state index contributed by atoms with van der Waals surface area (Å²) in [5.74, 6) is -0.143. The zero-order valence-corrected chi connectivity index (χ0v) is 12.2. The second-order valence-electron chi connectivity index (χ2n) is 5.28. The second-order valence-corrected chi connectivity index (χ2v) is 5.28. The van der Waals surface area contributed by atoms with E-state index in [1.165, 1.54) is 6.07 Å². The fourth-order valence-electron chi connectivity index (χ4n) is 1.85. The summed E-state index contributed by atoms with van der Waals surface area (Å²) >= 11 is 0. The molecule has 2 heterocycles. The summed E-state index contributed by atoms with van der Waals surface area (Å²) in [5, 5.41) is 19.1. The number of amides is 1. The van der Waals surface area contributed by atoms with Gasteiger partial charge in [0.1, 0.15) is 5.54 Å². The highest BCUT2D eigenvalue weighted by molar-refractivity contribution is 6.15. The van der Waals surface area contributed by atoms with Gasteiger partial charge in [-0.15, -0.1) is 5.10 Å². The zero-order valence-electron chi connectivity index (χ0n) is 12.2. The van der Waals surface area contributed by atoms with Crippen molar-refractivity contribution in [3.8, 4) is 5.75 Å². The average Bonchev–Trinajstić information content (AvgIpc) is 2.66. The van der Waals surface area contributed by atoms with E-state index >= 15 is 0 Å². The number of carbonyl (C=O) groups excluding carboxylic acids is 1. The van der Waals surface area contributed by atoms with Crippen LogP contribution in [0, 0.1) is 12.8 Å². The van der Waals surface area contributed by atoms with E-state index < -0.39 is 11.7 Å². The predicted molar refractivity (Wildman–Crippen MR) is 73.3 cm³/mol. The largest absolute Gasteiger partial charge is 0.511 e. The molecule has 1 aromatic rings. The number of nitrogens with one attached hydrogen (secondary N) is 1. The first-order valence-electron chi connectivity index (χ1n) is 6.41. The van der Waals surface area contributed by atoms with Gasteiger partial charge < -0.3 is 15.2 Å². The van der Waals surface area contributed by atoms with E-state index in [0.717, 1.165) is 0 Å². The Morgan fingerprint density at radius 2 is 2.10 bits per heavy atom. The molecule has 0 saturated carbocycles. The molecule has 1 aromatic heterocycles. The van der Waals surface area contributed by atoms with Gasteiger partial charge in [0.05, 0.1) is 5.69 Å². The van der Waals surface area contributed by atoms with Gasteiger partial charge in [-0.05, 0) is 19.8 Å². The van der Waals surface area contributed by atoms with Crippen LogP contribution in [0.15, 0.2) is 11.1 Å². The minimum atomic E-state index is -1.47. The van der Waals surface area contributed by atoms with Crippen LogP contribution in [-0.4, -0.2) is 38.7 Å². The molecule has 0 saturated heterocycles. The summed E-state index contributed by atoms with van der Waals surface area (Å²) in [5.41, 5.74) is -0.338. The van der Waals surface area contributed by atoms with Crippen LogP contribution in [0.3, 0.4) is 0 Å². The van der Waals surface area contributed by atoms with E-state index in [9.17, 15) is 9.59 Å². The lowest BCUT2D eigenvalue weighted by atomic mass is 9.89. The number of amidine groups is 1. The molecule has 1 aliphatic heterocycles. The standard InChI is InChI=1S/C13H16N4O4/c1-6(2)13(4)11(18)14-10(15-13)9-8(21-12(19)20)5-7(3)16-17-9/h5-6H,1-4H3,(H,19,20)(H,14,15,18). The summed E-state index contributed by atoms with van der Waals surface area (Å²) < 4.78 is 4.68. The van der Waals surface area contributed by atoms with E-state index in [0.29, 0.717) is 5.69 Å². The van der Waals surface area contributed by atoms with E-state index in [4.69, 9.17) is 5.11 Å². The molecular weight excluding hydrogens is 276 g/mol. The second kappa shape index (κ2) is 5.12. The monoisotopic (exact) mass is 292 g/mol. The van der Waals surface area contributed by atoms with Crippen LogP contribution < -0.4 is 10.1 Å².